The first kappa shape index (κ1) is 14.5. The normalized spacial score (nSPS) is 25.4. The minimum absolute atomic E-state index is 0.207. The van der Waals surface area contributed by atoms with Crippen LogP contribution >= 0.6 is 12.2 Å². The summed E-state index contributed by atoms with van der Waals surface area (Å²) in [6.07, 6.45) is 0.859. The van der Waals surface area contributed by atoms with Crippen molar-refractivity contribution in [3.8, 4) is 5.75 Å². The molecule has 1 N–H and O–H groups in total. The number of thiocarbonyl (C=S) groups is 1. The maximum atomic E-state index is 6.42. The molecule has 23 heavy (non-hydrogen) atoms. The number of aryl methyl sites for hydroxylation is 1. The van der Waals surface area contributed by atoms with Gasteiger partial charge in [0.2, 0.25) is 0 Å². The van der Waals surface area contributed by atoms with Crippen LogP contribution in [0.4, 0.5) is 5.69 Å². The van der Waals surface area contributed by atoms with E-state index in [0.29, 0.717) is 0 Å². The summed E-state index contributed by atoms with van der Waals surface area (Å²) >= 11 is 5.70. The molecule has 4 rings (SSSR count). The van der Waals surface area contributed by atoms with Crippen molar-refractivity contribution >= 4 is 23.0 Å². The van der Waals surface area contributed by atoms with Gasteiger partial charge in [-0.3, -0.25) is 4.90 Å². The van der Waals surface area contributed by atoms with E-state index in [9.17, 15) is 0 Å². The van der Waals surface area contributed by atoms with Gasteiger partial charge in [-0.1, -0.05) is 30.3 Å². The molecule has 2 atom stereocenters. The van der Waals surface area contributed by atoms with E-state index >= 15 is 0 Å². The van der Waals surface area contributed by atoms with Crippen LogP contribution in [0.25, 0.3) is 0 Å². The lowest BCUT2D eigenvalue weighted by Crippen LogP contribution is -2.65. The number of hydrogen-bond acceptors (Lipinski definition) is 2. The third-order valence-corrected chi connectivity index (χ3v) is 5.30. The largest absolute Gasteiger partial charge is 0.467 e. The van der Waals surface area contributed by atoms with E-state index in [1.54, 1.807) is 0 Å². The summed E-state index contributed by atoms with van der Waals surface area (Å²) in [6.45, 7) is 6.39. The molecule has 2 unspecified atom stereocenters. The number of fused-ring (bicyclic) bond motifs is 4. The summed E-state index contributed by atoms with van der Waals surface area (Å²) in [5.74, 6) is 0.941. The molecule has 2 aliphatic rings. The van der Waals surface area contributed by atoms with Crippen molar-refractivity contribution in [3.63, 3.8) is 0 Å². The molecule has 0 spiro atoms. The van der Waals surface area contributed by atoms with Gasteiger partial charge in [-0.25, -0.2) is 0 Å². The molecule has 3 nitrogen and oxygen atoms in total. The van der Waals surface area contributed by atoms with Gasteiger partial charge >= 0.3 is 0 Å². The maximum Gasteiger partial charge on any atom is 0.188 e. The average molecular weight is 324 g/mol. The predicted molar refractivity (Wildman–Crippen MR) is 97.0 cm³/mol. The van der Waals surface area contributed by atoms with Crippen molar-refractivity contribution in [2.75, 3.05) is 4.90 Å². The van der Waals surface area contributed by atoms with Crippen LogP contribution in [-0.4, -0.2) is 10.8 Å². The molecule has 2 aromatic carbocycles. The summed E-state index contributed by atoms with van der Waals surface area (Å²) in [7, 11) is 0. The Morgan fingerprint density at radius 2 is 1.96 bits per heavy atom. The van der Waals surface area contributed by atoms with E-state index in [1.807, 2.05) is 18.2 Å². The molecule has 0 aromatic heterocycles. The molecule has 1 fully saturated rings. The molecule has 0 amide bonds. The Kier molecular flexibility index (Phi) is 3.13. The van der Waals surface area contributed by atoms with Gasteiger partial charge in [0.15, 0.2) is 10.8 Å². The van der Waals surface area contributed by atoms with Crippen LogP contribution in [0.1, 0.15) is 36.1 Å². The van der Waals surface area contributed by atoms with Crippen LogP contribution in [0, 0.1) is 13.8 Å². The number of para-hydroxylation sites is 1. The van der Waals surface area contributed by atoms with Crippen LogP contribution in [0.15, 0.2) is 42.5 Å². The zero-order chi connectivity index (χ0) is 16.2. The summed E-state index contributed by atoms with van der Waals surface area (Å²) in [4.78, 5) is 2.14. The fraction of sp³-hybridized carbons (Fsp3) is 0.316. The third kappa shape index (κ3) is 2.12. The molecule has 118 valence electrons. The first-order chi connectivity index (χ1) is 11.0. The lowest BCUT2D eigenvalue weighted by atomic mass is 9.90. The predicted octanol–water partition coefficient (Wildman–Crippen LogP) is 4.24. The van der Waals surface area contributed by atoms with Crippen LogP contribution in [0.3, 0.4) is 0 Å². The SMILES string of the molecule is Cc1cccc(N2C(=S)NC3CC2(C)Oc2ccccc23)c1C. The van der Waals surface area contributed by atoms with Crippen LogP contribution in [0.5, 0.6) is 5.75 Å². The second-order valence-electron chi connectivity index (χ2n) is 6.58. The summed E-state index contributed by atoms with van der Waals surface area (Å²) < 4.78 is 6.42. The van der Waals surface area contributed by atoms with Gasteiger partial charge in [-0.05, 0) is 56.2 Å². The molecule has 2 aromatic rings. The van der Waals surface area contributed by atoms with Gasteiger partial charge in [0.05, 0.1) is 11.7 Å². The summed E-state index contributed by atoms with van der Waals surface area (Å²) in [6, 6.07) is 14.7. The van der Waals surface area contributed by atoms with E-state index in [0.717, 1.165) is 23.0 Å². The standard InChI is InChI=1S/C19H20N2OS/c1-12-7-6-9-16(13(12)2)21-18(23)20-15-11-19(21,3)22-17-10-5-4-8-14(15)17/h4-10,15H,11H2,1-3H3,(H,20,23). The number of anilines is 1. The minimum atomic E-state index is -0.472. The molecular formula is C19H20N2OS. The van der Waals surface area contributed by atoms with E-state index in [1.165, 1.54) is 16.7 Å². The Balaban J connectivity index is 1.84. The van der Waals surface area contributed by atoms with Crippen molar-refractivity contribution in [2.24, 2.45) is 0 Å². The zero-order valence-electron chi connectivity index (χ0n) is 13.6. The van der Waals surface area contributed by atoms with E-state index in [4.69, 9.17) is 17.0 Å². The molecule has 0 saturated carbocycles. The van der Waals surface area contributed by atoms with Crippen LogP contribution in [-0.2, 0) is 0 Å². The fourth-order valence-corrected chi connectivity index (χ4v) is 4.10. The van der Waals surface area contributed by atoms with E-state index in [-0.39, 0.29) is 6.04 Å². The van der Waals surface area contributed by atoms with Crippen molar-refractivity contribution in [1.29, 1.82) is 0 Å². The second-order valence-corrected chi connectivity index (χ2v) is 6.96. The Labute approximate surface area is 142 Å². The van der Waals surface area contributed by atoms with Gasteiger partial charge < -0.3 is 10.1 Å². The smallest absolute Gasteiger partial charge is 0.188 e. The van der Waals surface area contributed by atoms with Crippen molar-refractivity contribution in [2.45, 2.75) is 39.0 Å². The van der Waals surface area contributed by atoms with Gasteiger partial charge in [0.1, 0.15) is 5.75 Å². The molecular weight excluding hydrogens is 304 g/mol. The molecule has 0 radical (unpaired) electrons. The topological polar surface area (TPSA) is 24.5 Å². The van der Waals surface area contributed by atoms with Crippen molar-refractivity contribution in [3.05, 3.63) is 59.2 Å². The Bertz CT molecular complexity index is 804. The Hall–Kier alpha value is -2.07. The highest BCUT2D eigenvalue weighted by atomic mass is 32.1. The Morgan fingerprint density at radius 1 is 1.17 bits per heavy atom. The summed E-state index contributed by atoms with van der Waals surface area (Å²) in [5.41, 5.74) is 4.32. The maximum absolute atomic E-state index is 6.42. The monoisotopic (exact) mass is 324 g/mol. The molecule has 2 aliphatic heterocycles. The zero-order valence-corrected chi connectivity index (χ0v) is 14.4. The van der Waals surface area contributed by atoms with Crippen LogP contribution < -0.4 is 15.0 Å². The summed E-state index contributed by atoms with van der Waals surface area (Å²) in [5, 5.41) is 4.23. The number of nitrogens with zero attached hydrogens (tertiary/aromatic N) is 1. The number of hydrogen-bond donors (Lipinski definition) is 1. The first-order valence-corrected chi connectivity index (χ1v) is 8.35. The second kappa shape index (κ2) is 4.96. The quantitative estimate of drug-likeness (QED) is 0.793. The van der Waals surface area contributed by atoms with E-state index in [2.05, 4.69) is 55.3 Å². The lowest BCUT2D eigenvalue weighted by molar-refractivity contribution is 0.0497. The first-order valence-electron chi connectivity index (χ1n) is 7.94. The number of ether oxygens (including phenoxy) is 1. The highest BCUT2D eigenvalue weighted by Crippen LogP contribution is 2.46. The van der Waals surface area contributed by atoms with Crippen LogP contribution in [0.2, 0.25) is 0 Å². The van der Waals surface area contributed by atoms with Crippen molar-refractivity contribution in [1.82, 2.24) is 5.32 Å². The highest BCUT2D eigenvalue weighted by molar-refractivity contribution is 7.80. The van der Waals surface area contributed by atoms with Gasteiger partial charge in [0.25, 0.3) is 0 Å². The average Bonchev–Trinajstić information content (AvgIpc) is 2.50. The van der Waals surface area contributed by atoms with Gasteiger partial charge in [-0.15, -0.1) is 0 Å². The number of benzene rings is 2. The third-order valence-electron chi connectivity index (χ3n) is 5.00. The van der Waals surface area contributed by atoms with Gasteiger partial charge in [0, 0.05) is 12.0 Å². The molecule has 2 bridgehead atoms. The van der Waals surface area contributed by atoms with E-state index < -0.39 is 5.72 Å². The highest BCUT2D eigenvalue weighted by Gasteiger charge is 2.48. The Morgan fingerprint density at radius 3 is 2.78 bits per heavy atom. The number of rotatable bonds is 1. The van der Waals surface area contributed by atoms with Crippen molar-refractivity contribution < 1.29 is 4.74 Å². The fourth-order valence-electron chi connectivity index (χ4n) is 3.66. The number of nitrogens with one attached hydrogen (secondary N) is 1. The molecule has 0 aliphatic carbocycles. The molecule has 1 saturated heterocycles. The lowest BCUT2D eigenvalue weighted by Gasteiger charge is -2.52. The van der Waals surface area contributed by atoms with Gasteiger partial charge in [-0.2, -0.15) is 0 Å². The minimum Gasteiger partial charge on any atom is -0.467 e. The molecule has 4 heteroatoms. The molecule has 2 heterocycles.